The molecule has 0 spiro atoms. The minimum absolute atomic E-state index is 0.0770. The molecule has 2 aromatic heterocycles. The van der Waals surface area contributed by atoms with Crippen molar-refractivity contribution in [2.75, 3.05) is 14.1 Å². The average molecular weight is 201 g/mol. The molecule has 0 aliphatic heterocycles. The molecule has 1 amide bonds. The third-order valence-corrected chi connectivity index (χ3v) is 2.15. The van der Waals surface area contributed by atoms with Gasteiger partial charge in [-0.1, -0.05) is 0 Å². The van der Waals surface area contributed by atoms with Crippen LogP contribution >= 0.6 is 0 Å². The number of amides is 1. The molecule has 2 heterocycles. The molecule has 0 saturated carbocycles. The van der Waals surface area contributed by atoms with Crippen molar-refractivity contribution in [1.29, 1.82) is 0 Å². The van der Waals surface area contributed by atoms with Gasteiger partial charge in [-0.2, -0.15) is 0 Å². The van der Waals surface area contributed by atoms with Crippen molar-refractivity contribution in [3.05, 3.63) is 36.3 Å². The highest BCUT2D eigenvalue weighted by atomic mass is 16.2. The minimum Gasteiger partial charge on any atom is -0.345 e. The highest BCUT2D eigenvalue weighted by Crippen LogP contribution is 2.14. The number of nitrogens with zero attached hydrogens (tertiary/aromatic N) is 3. The summed E-state index contributed by atoms with van der Waals surface area (Å²) in [6.07, 6.45) is 4.93. The first-order chi connectivity index (χ1) is 7.20. The molecule has 0 fully saturated rings. The second-order valence-electron chi connectivity index (χ2n) is 3.46. The van der Waals surface area contributed by atoms with Crippen LogP contribution in [-0.2, 0) is 0 Å². The van der Waals surface area contributed by atoms with E-state index in [1.807, 2.05) is 12.1 Å². The fourth-order valence-corrected chi connectivity index (χ4v) is 1.40. The van der Waals surface area contributed by atoms with Crippen molar-refractivity contribution < 1.29 is 4.79 Å². The molecule has 0 aliphatic rings. The summed E-state index contributed by atoms with van der Waals surface area (Å²) in [6.45, 7) is 0. The summed E-state index contributed by atoms with van der Waals surface area (Å²) < 4.78 is 0. The Morgan fingerprint density at radius 1 is 1.33 bits per heavy atom. The zero-order valence-corrected chi connectivity index (χ0v) is 8.64. The molecule has 0 radical (unpaired) electrons. The first-order valence-corrected chi connectivity index (χ1v) is 4.60. The summed E-state index contributed by atoms with van der Waals surface area (Å²) in [7, 11) is 3.42. The Kier molecular flexibility index (Phi) is 2.33. The zero-order chi connectivity index (χ0) is 10.8. The largest absolute Gasteiger partial charge is 0.345 e. The minimum atomic E-state index is -0.0770. The summed E-state index contributed by atoms with van der Waals surface area (Å²) in [6, 6.07) is 3.72. The summed E-state index contributed by atoms with van der Waals surface area (Å²) in [4.78, 5) is 21.5. The van der Waals surface area contributed by atoms with Gasteiger partial charge in [0.25, 0.3) is 5.91 Å². The van der Waals surface area contributed by atoms with Crippen LogP contribution < -0.4 is 0 Å². The molecule has 0 unspecified atom stereocenters. The molecule has 0 aromatic carbocycles. The van der Waals surface area contributed by atoms with Gasteiger partial charge in [0, 0.05) is 38.1 Å². The van der Waals surface area contributed by atoms with Crippen LogP contribution in [0.15, 0.2) is 30.7 Å². The van der Waals surface area contributed by atoms with Gasteiger partial charge in [0.2, 0.25) is 0 Å². The molecule has 2 rings (SSSR count). The van der Waals surface area contributed by atoms with E-state index in [-0.39, 0.29) is 5.91 Å². The van der Waals surface area contributed by atoms with E-state index >= 15 is 0 Å². The van der Waals surface area contributed by atoms with Crippen LogP contribution in [0, 0.1) is 0 Å². The van der Waals surface area contributed by atoms with Crippen LogP contribution in [0.1, 0.15) is 10.4 Å². The lowest BCUT2D eigenvalue weighted by atomic mass is 10.1. The Labute approximate surface area is 87.6 Å². The van der Waals surface area contributed by atoms with Crippen LogP contribution in [0.25, 0.3) is 10.9 Å². The Morgan fingerprint density at radius 2 is 2.13 bits per heavy atom. The van der Waals surface area contributed by atoms with Crippen LogP contribution in [0.5, 0.6) is 0 Å². The van der Waals surface area contributed by atoms with Crippen molar-refractivity contribution in [3.63, 3.8) is 0 Å². The van der Waals surface area contributed by atoms with E-state index in [0.717, 1.165) is 5.39 Å². The van der Waals surface area contributed by atoms with E-state index in [4.69, 9.17) is 0 Å². The topological polar surface area (TPSA) is 46.1 Å². The summed E-state index contributed by atoms with van der Waals surface area (Å²) in [5.74, 6) is -0.0770. The van der Waals surface area contributed by atoms with Gasteiger partial charge in [-0.15, -0.1) is 0 Å². The Balaban J connectivity index is 2.66. The molecule has 2 aromatic rings. The van der Waals surface area contributed by atoms with E-state index < -0.39 is 0 Å². The SMILES string of the molecule is CN(C)C(=O)c1cncc2cccnc12. The number of aromatic nitrogens is 2. The Bertz CT molecular complexity index is 503. The first kappa shape index (κ1) is 9.58. The van der Waals surface area contributed by atoms with Gasteiger partial charge >= 0.3 is 0 Å². The van der Waals surface area contributed by atoms with Gasteiger partial charge in [0.05, 0.1) is 11.1 Å². The Morgan fingerprint density at radius 3 is 2.87 bits per heavy atom. The normalized spacial score (nSPS) is 10.3. The maximum Gasteiger partial charge on any atom is 0.257 e. The van der Waals surface area contributed by atoms with Gasteiger partial charge in [0.15, 0.2) is 0 Å². The standard InChI is InChI=1S/C11H11N3O/c1-14(2)11(15)9-7-12-6-8-4-3-5-13-10(8)9/h3-7H,1-2H3. The summed E-state index contributed by atoms with van der Waals surface area (Å²) in [5.41, 5.74) is 1.24. The van der Waals surface area contributed by atoms with E-state index in [9.17, 15) is 4.79 Å². The fraction of sp³-hybridized carbons (Fsp3) is 0.182. The van der Waals surface area contributed by atoms with Gasteiger partial charge in [-0.3, -0.25) is 14.8 Å². The molecular weight excluding hydrogens is 190 g/mol. The van der Waals surface area contributed by atoms with Gasteiger partial charge in [0.1, 0.15) is 0 Å². The van der Waals surface area contributed by atoms with Crippen molar-refractivity contribution in [1.82, 2.24) is 14.9 Å². The number of carbonyl (C=O) groups excluding carboxylic acids is 1. The number of carbonyl (C=O) groups is 1. The van der Waals surface area contributed by atoms with Crippen LogP contribution in [0.2, 0.25) is 0 Å². The molecule has 15 heavy (non-hydrogen) atoms. The van der Waals surface area contributed by atoms with Crippen LogP contribution in [-0.4, -0.2) is 34.9 Å². The number of pyridine rings is 2. The number of rotatable bonds is 1. The fourth-order valence-electron chi connectivity index (χ4n) is 1.40. The molecule has 4 nitrogen and oxygen atoms in total. The highest BCUT2D eigenvalue weighted by molar-refractivity contribution is 6.04. The van der Waals surface area contributed by atoms with Crippen molar-refractivity contribution in [2.45, 2.75) is 0 Å². The van der Waals surface area contributed by atoms with Gasteiger partial charge < -0.3 is 4.90 Å². The van der Waals surface area contributed by atoms with Gasteiger partial charge in [-0.05, 0) is 12.1 Å². The second kappa shape index (κ2) is 3.65. The summed E-state index contributed by atoms with van der Waals surface area (Å²) >= 11 is 0. The molecule has 0 atom stereocenters. The maximum absolute atomic E-state index is 11.8. The van der Waals surface area contributed by atoms with Crippen molar-refractivity contribution >= 4 is 16.8 Å². The molecule has 0 saturated heterocycles. The lowest BCUT2D eigenvalue weighted by molar-refractivity contribution is 0.0829. The molecule has 4 heteroatoms. The number of hydrogen-bond donors (Lipinski definition) is 0. The predicted molar refractivity (Wildman–Crippen MR) is 57.6 cm³/mol. The molecular formula is C11H11N3O. The predicted octanol–water partition coefficient (Wildman–Crippen LogP) is 1.33. The number of fused-ring (bicyclic) bond motifs is 1. The molecule has 0 bridgehead atoms. The Hall–Kier alpha value is -1.97. The number of hydrogen-bond acceptors (Lipinski definition) is 3. The zero-order valence-electron chi connectivity index (χ0n) is 8.64. The van der Waals surface area contributed by atoms with Crippen molar-refractivity contribution in [2.24, 2.45) is 0 Å². The quantitative estimate of drug-likeness (QED) is 0.699. The summed E-state index contributed by atoms with van der Waals surface area (Å²) in [5, 5.41) is 0.880. The van der Waals surface area contributed by atoms with E-state index in [1.54, 1.807) is 32.7 Å². The van der Waals surface area contributed by atoms with E-state index in [2.05, 4.69) is 9.97 Å². The lowest BCUT2D eigenvalue weighted by Gasteiger charge is -2.10. The highest BCUT2D eigenvalue weighted by Gasteiger charge is 2.12. The first-order valence-electron chi connectivity index (χ1n) is 4.60. The maximum atomic E-state index is 11.8. The molecule has 0 aliphatic carbocycles. The molecule has 76 valence electrons. The van der Waals surface area contributed by atoms with Crippen molar-refractivity contribution in [3.8, 4) is 0 Å². The lowest BCUT2D eigenvalue weighted by Crippen LogP contribution is -2.22. The van der Waals surface area contributed by atoms with E-state index in [0.29, 0.717) is 11.1 Å². The van der Waals surface area contributed by atoms with E-state index in [1.165, 1.54) is 4.90 Å². The monoisotopic (exact) mass is 201 g/mol. The van der Waals surface area contributed by atoms with Crippen LogP contribution in [0.3, 0.4) is 0 Å². The van der Waals surface area contributed by atoms with Gasteiger partial charge in [-0.25, -0.2) is 0 Å². The third-order valence-electron chi connectivity index (χ3n) is 2.15. The third kappa shape index (κ3) is 1.66. The second-order valence-corrected chi connectivity index (χ2v) is 3.46. The van der Waals surface area contributed by atoms with Crippen LogP contribution in [0.4, 0.5) is 0 Å². The average Bonchev–Trinajstić information content (AvgIpc) is 2.27. The smallest absolute Gasteiger partial charge is 0.257 e. The molecule has 0 N–H and O–H groups in total.